The topological polar surface area (TPSA) is 62.8 Å². The summed E-state index contributed by atoms with van der Waals surface area (Å²) in [6.45, 7) is 1.70. The van der Waals surface area contributed by atoms with Gasteiger partial charge in [-0.3, -0.25) is 0 Å². The Morgan fingerprint density at radius 3 is 2.83 bits per heavy atom. The Labute approximate surface area is 70.4 Å². The Morgan fingerprint density at radius 2 is 2.33 bits per heavy atom. The lowest BCUT2D eigenvalue weighted by molar-refractivity contribution is -0.162. The van der Waals surface area contributed by atoms with Crippen LogP contribution in [0.15, 0.2) is 23.0 Å². The second-order valence-electron chi connectivity index (χ2n) is 2.57. The molecule has 1 unspecified atom stereocenters. The van der Waals surface area contributed by atoms with Crippen molar-refractivity contribution in [2.24, 2.45) is 0 Å². The molecule has 0 radical (unpaired) electrons. The highest BCUT2D eigenvalue weighted by atomic mass is 16.6. The van der Waals surface area contributed by atoms with E-state index < -0.39 is 12.4 Å². The number of ether oxygens (including phenoxy) is 1. The van der Waals surface area contributed by atoms with E-state index in [1.807, 2.05) is 0 Å². The molecule has 0 amide bonds. The molecule has 0 bridgehead atoms. The molecule has 0 aromatic carbocycles. The first-order chi connectivity index (χ1) is 5.70. The summed E-state index contributed by atoms with van der Waals surface area (Å²) in [6, 6.07) is 1.73. The Hall–Kier alpha value is -0.840. The minimum absolute atomic E-state index is 0.239. The highest BCUT2D eigenvalue weighted by Gasteiger charge is 2.10. The monoisotopic (exact) mass is 172 g/mol. The third-order valence-corrected chi connectivity index (χ3v) is 1.41. The predicted molar refractivity (Wildman–Crippen MR) is 41.2 cm³/mol. The van der Waals surface area contributed by atoms with Crippen LogP contribution < -0.4 is 0 Å². The quantitative estimate of drug-likeness (QED) is 0.649. The lowest BCUT2D eigenvalue weighted by Gasteiger charge is -2.13. The van der Waals surface area contributed by atoms with Crippen molar-refractivity contribution in [2.75, 3.05) is 0 Å². The van der Waals surface area contributed by atoms with E-state index in [2.05, 4.69) is 0 Å². The number of aliphatic hydroxyl groups is 2. The fourth-order valence-corrected chi connectivity index (χ4v) is 0.696. The molecule has 0 spiro atoms. The number of furan rings is 1. The molecule has 4 heteroatoms. The summed E-state index contributed by atoms with van der Waals surface area (Å²) in [5.74, 6) is 0. The van der Waals surface area contributed by atoms with Crippen molar-refractivity contribution >= 4 is 0 Å². The summed E-state index contributed by atoms with van der Waals surface area (Å²) in [4.78, 5) is 0. The molecule has 0 aliphatic heterocycles. The maximum absolute atomic E-state index is 9.02. The SMILES string of the molecule is CC(O)[C@H](O)OCc1ccoc1. The van der Waals surface area contributed by atoms with Crippen LogP contribution >= 0.6 is 0 Å². The van der Waals surface area contributed by atoms with Crippen LogP contribution in [0.5, 0.6) is 0 Å². The molecule has 0 fully saturated rings. The van der Waals surface area contributed by atoms with Gasteiger partial charge in [-0.15, -0.1) is 0 Å². The van der Waals surface area contributed by atoms with Gasteiger partial charge in [0, 0.05) is 5.56 Å². The first kappa shape index (κ1) is 9.25. The molecule has 0 aliphatic rings. The third-order valence-electron chi connectivity index (χ3n) is 1.41. The molecule has 68 valence electrons. The van der Waals surface area contributed by atoms with E-state index in [-0.39, 0.29) is 6.61 Å². The summed E-state index contributed by atoms with van der Waals surface area (Å²) in [5.41, 5.74) is 0.828. The molecule has 2 N–H and O–H groups in total. The van der Waals surface area contributed by atoms with Crippen molar-refractivity contribution in [2.45, 2.75) is 25.9 Å². The molecule has 1 aromatic heterocycles. The standard InChI is InChI=1S/C8H12O4/c1-6(9)8(10)12-5-7-2-3-11-4-7/h2-4,6,8-10H,5H2,1H3/t6?,8-/m1/s1. The second kappa shape index (κ2) is 4.25. The molecule has 4 nitrogen and oxygen atoms in total. The van der Waals surface area contributed by atoms with E-state index in [9.17, 15) is 0 Å². The fourth-order valence-electron chi connectivity index (χ4n) is 0.696. The van der Waals surface area contributed by atoms with E-state index in [4.69, 9.17) is 19.4 Å². The summed E-state index contributed by atoms with van der Waals surface area (Å²) in [6.07, 6.45) is 1.03. The number of hydrogen-bond donors (Lipinski definition) is 2. The van der Waals surface area contributed by atoms with E-state index in [1.54, 1.807) is 6.07 Å². The van der Waals surface area contributed by atoms with E-state index >= 15 is 0 Å². The predicted octanol–water partition coefficient (Wildman–Crippen LogP) is 0.495. The minimum atomic E-state index is -1.14. The van der Waals surface area contributed by atoms with Crippen molar-refractivity contribution in [3.63, 3.8) is 0 Å². The first-order valence-corrected chi connectivity index (χ1v) is 3.69. The van der Waals surface area contributed by atoms with Crippen molar-refractivity contribution in [3.05, 3.63) is 24.2 Å². The Morgan fingerprint density at radius 1 is 1.58 bits per heavy atom. The minimum Gasteiger partial charge on any atom is -0.472 e. The van der Waals surface area contributed by atoms with Crippen LogP contribution in [0.3, 0.4) is 0 Å². The van der Waals surface area contributed by atoms with Crippen molar-refractivity contribution in [1.82, 2.24) is 0 Å². The van der Waals surface area contributed by atoms with Crippen LogP contribution in [0.25, 0.3) is 0 Å². The molecular formula is C8H12O4. The zero-order valence-electron chi connectivity index (χ0n) is 6.80. The van der Waals surface area contributed by atoms with Crippen LogP contribution in [0.2, 0.25) is 0 Å². The Balaban J connectivity index is 2.27. The summed E-state index contributed by atoms with van der Waals surface area (Å²) in [7, 11) is 0. The van der Waals surface area contributed by atoms with Gasteiger partial charge < -0.3 is 19.4 Å². The lowest BCUT2D eigenvalue weighted by Crippen LogP contribution is -2.25. The van der Waals surface area contributed by atoms with Gasteiger partial charge in [0.15, 0.2) is 6.29 Å². The van der Waals surface area contributed by atoms with Crippen molar-refractivity contribution in [3.8, 4) is 0 Å². The van der Waals surface area contributed by atoms with E-state index in [0.717, 1.165) is 5.56 Å². The van der Waals surface area contributed by atoms with Crippen LogP contribution in [-0.2, 0) is 11.3 Å². The molecule has 1 rings (SSSR count). The van der Waals surface area contributed by atoms with Gasteiger partial charge in [-0.25, -0.2) is 0 Å². The normalized spacial score (nSPS) is 15.9. The average molecular weight is 172 g/mol. The molecule has 0 saturated heterocycles. The summed E-state index contributed by atoms with van der Waals surface area (Å²) >= 11 is 0. The van der Waals surface area contributed by atoms with Crippen LogP contribution in [-0.4, -0.2) is 22.6 Å². The maximum Gasteiger partial charge on any atom is 0.180 e. The van der Waals surface area contributed by atoms with Gasteiger partial charge >= 0.3 is 0 Å². The van der Waals surface area contributed by atoms with Gasteiger partial charge in [0.05, 0.1) is 19.1 Å². The summed E-state index contributed by atoms with van der Waals surface area (Å²) < 4.78 is 9.68. The van der Waals surface area contributed by atoms with Gasteiger partial charge in [0.25, 0.3) is 0 Å². The van der Waals surface area contributed by atoms with E-state index in [1.165, 1.54) is 19.5 Å². The summed E-state index contributed by atoms with van der Waals surface area (Å²) in [5, 5.41) is 17.9. The van der Waals surface area contributed by atoms with Crippen LogP contribution in [0.1, 0.15) is 12.5 Å². The van der Waals surface area contributed by atoms with Gasteiger partial charge in [-0.05, 0) is 13.0 Å². The Kier molecular flexibility index (Phi) is 3.28. The molecule has 0 aliphatic carbocycles. The van der Waals surface area contributed by atoms with Gasteiger partial charge in [0.1, 0.15) is 6.10 Å². The lowest BCUT2D eigenvalue weighted by atomic mass is 10.3. The van der Waals surface area contributed by atoms with Crippen LogP contribution in [0.4, 0.5) is 0 Å². The van der Waals surface area contributed by atoms with Gasteiger partial charge in [-0.1, -0.05) is 0 Å². The molecule has 1 aromatic rings. The zero-order valence-corrected chi connectivity index (χ0v) is 6.80. The molecule has 0 saturated carbocycles. The average Bonchev–Trinajstić information content (AvgIpc) is 2.51. The van der Waals surface area contributed by atoms with Gasteiger partial charge in [-0.2, -0.15) is 0 Å². The largest absolute Gasteiger partial charge is 0.472 e. The number of hydrogen-bond acceptors (Lipinski definition) is 4. The van der Waals surface area contributed by atoms with Crippen LogP contribution in [0, 0.1) is 0 Å². The second-order valence-corrected chi connectivity index (χ2v) is 2.57. The van der Waals surface area contributed by atoms with Crippen molar-refractivity contribution < 1.29 is 19.4 Å². The molecular weight excluding hydrogens is 160 g/mol. The third kappa shape index (κ3) is 2.65. The number of aliphatic hydroxyl groups excluding tert-OH is 2. The number of rotatable bonds is 4. The van der Waals surface area contributed by atoms with Gasteiger partial charge in [0.2, 0.25) is 0 Å². The molecule has 1 heterocycles. The van der Waals surface area contributed by atoms with Crippen molar-refractivity contribution in [1.29, 1.82) is 0 Å². The fraction of sp³-hybridized carbons (Fsp3) is 0.500. The molecule has 2 atom stereocenters. The zero-order chi connectivity index (χ0) is 8.97. The Bertz CT molecular complexity index is 205. The highest BCUT2D eigenvalue weighted by Crippen LogP contribution is 2.04. The molecule has 12 heavy (non-hydrogen) atoms. The first-order valence-electron chi connectivity index (χ1n) is 3.69. The maximum atomic E-state index is 9.02. The van der Waals surface area contributed by atoms with E-state index in [0.29, 0.717) is 0 Å². The highest BCUT2D eigenvalue weighted by molar-refractivity contribution is 5.03. The smallest absolute Gasteiger partial charge is 0.180 e.